The van der Waals surface area contributed by atoms with E-state index < -0.39 is 17.2 Å². The molecule has 33 heavy (non-hydrogen) atoms. The molecule has 1 fully saturated rings. The van der Waals surface area contributed by atoms with Gasteiger partial charge < -0.3 is 14.6 Å². The second-order valence-electron chi connectivity index (χ2n) is 9.60. The van der Waals surface area contributed by atoms with Gasteiger partial charge in [-0.25, -0.2) is 0 Å². The van der Waals surface area contributed by atoms with Crippen molar-refractivity contribution in [3.05, 3.63) is 100 Å². The van der Waals surface area contributed by atoms with Gasteiger partial charge in [-0.15, -0.1) is 0 Å². The summed E-state index contributed by atoms with van der Waals surface area (Å²) in [5, 5.41) is 15.7. The fourth-order valence-corrected chi connectivity index (χ4v) is 6.31. The molecule has 2 N–H and O–H groups in total. The van der Waals surface area contributed by atoms with Crippen LogP contribution >= 0.6 is 0 Å². The Balaban J connectivity index is 1.82. The second-order valence-corrected chi connectivity index (χ2v) is 9.60. The van der Waals surface area contributed by atoms with Crippen molar-refractivity contribution in [2.75, 3.05) is 20.3 Å². The number of aliphatic hydroxyl groups is 1. The van der Waals surface area contributed by atoms with Gasteiger partial charge in [0.05, 0.1) is 12.7 Å². The number of benzene rings is 3. The van der Waals surface area contributed by atoms with Crippen molar-refractivity contribution in [3.63, 3.8) is 0 Å². The van der Waals surface area contributed by atoms with Gasteiger partial charge in [-0.05, 0) is 55.5 Å². The van der Waals surface area contributed by atoms with E-state index in [1.807, 2.05) is 6.07 Å². The largest absolute Gasteiger partial charge is 0.479 e. The Bertz CT molecular complexity index is 1140. The Hall–Kier alpha value is -2.66. The maximum atomic E-state index is 11.9. The fraction of sp³-hybridized carbons (Fsp3) is 0.379. The predicted octanol–water partition coefficient (Wildman–Crippen LogP) is 4.88. The van der Waals surface area contributed by atoms with Crippen LogP contribution in [0, 0.1) is 20.8 Å². The summed E-state index contributed by atoms with van der Waals surface area (Å²) >= 11 is 0. The van der Waals surface area contributed by atoms with Crippen LogP contribution in [0.25, 0.3) is 0 Å². The summed E-state index contributed by atoms with van der Waals surface area (Å²) in [6.07, 6.45) is -0.0338. The minimum Gasteiger partial charge on any atom is -0.479 e. The first-order valence-corrected chi connectivity index (χ1v) is 11.8. The molecule has 4 atom stereocenters. The van der Waals surface area contributed by atoms with Crippen LogP contribution < -0.4 is 10.1 Å². The number of hydrogen-bond donors (Lipinski definition) is 2. The molecule has 0 spiro atoms. The van der Waals surface area contributed by atoms with E-state index in [9.17, 15) is 5.11 Å². The molecule has 4 nitrogen and oxygen atoms in total. The third-order valence-electron chi connectivity index (χ3n) is 7.54. The third kappa shape index (κ3) is 3.16. The summed E-state index contributed by atoms with van der Waals surface area (Å²) in [5.74, 6) is 0.830. The van der Waals surface area contributed by atoms with Gasteiger partial charge in [-0.2, -0.15) is 0 Å². The zero-order valence-corrected chi connectivity index (χ0v) is 19.9. The molecule has 1 aliphatic carbocycles. The maximum absolute atomic E-state index is 11.9. The molecule has 0 bridgehead atoms. The lowest BCUT2D eigenvalue weighted by atomic mass is 9.68. The molecule has 3 aromatic rings. The zero-order chi connectivity index (χ0) is 23.2. The summed E-state index contributed by atoms with van der Waals surface area (Å²) in [6.45, 7) is 7.48. The molecule has 1 saturated carbocycles. The van der Waals surface area contributed by atoms with Gasteiger partial charge in [-0.1, -0.05) is 66.2 Å². The average molecular weight is 444 g/mol. The molecule has 1 aliphatic heterocycles. The number of ether oxygens (including phenoxy) is 2. The second kappa shape index (κ2) is 8.28. The highest BCUT2D eigenvalue weighted by Crippen LogP contribution is 2.67. The number of fused-ring (bicyclic) bond motifs is 3. The fourth-order valence-electron chi connectivity index (χ4n) is 6.31. The van der Waals surface area contributed by atoms with Crippen LogP contribution in [-0.4, -0.2) is 31.5 Å². The Labute approximate surface area is 196 Å². The van der Waals surface area contributed by atoms with E-state index in [0.29, 0.717) is 19.6 Å². The topological polar surface area (TPSA) is 50.7 Å². The van der Waals surface area contributed by atoms with E-state index >= 15 is 0 Å². The van der Waals surface area contributed by atoms with E-state index in [-0.39, 0.29) is 5.92 Å². The van der Waals surface area contributed by atoms with Gasteiger partial charge in [0.2, 0.25) is 0 Å². The van der Waals surface area contributed by atoms with Gasteiger partial charge >= 0.3 is 0 Å². The van der Waals surface area contributed by atoms with Crippen molar-refractivity contribution >= 4 is 0 Å². The van der Waals surface area contributed by atoms with E-state index in [1.54, 1.807) is 7.11 Å². The summed E-state index contributed by atoms with van der Waals surface area (Å²) < 4.78 is 12.5. The highest BCUT2D eigenvalue weighted by molar-refractivity contribution is 5.60. The Kier molecular flexibility index (Phi) is 5.56. The first-order chi connectivity index (χ1) is 15.9. The predicted molar refractivity (Wildman–Crippen MR) is 131 cm³/mol. The Morgan fingerprint density at radius 3 is 2.42 bits per heavy atom. The van der Waals surface area contributed by atoms with Crippen molar-refractivity contribution in [3.8, 4) is 5.75 Å². The normalized spacial score (nSPS) is 27.8. The van der Waals surface area contributed by atoms with E-state index in [2.05, 4.69) is 86.8 Å². The number of aliphatic hydroxyl groups excluding tert-OH is 1. The number of aryl methyl sites for hydroxylation is 3. The summed E-state index contributed by atoms with van der Waals surface area (Å²) in [5.41, 5.74) is 5.22. The third-order valence-corrected chi connectivity index (χ3v) is 7.54. The van der Waals surface area contributed by atoms with Gasteiger partial charge in [0.15, 0.2) is 5.60 Å². The van der Waals surface area contributed by atoms with Gasteiger partial charge in [0.1, 0.15) is 11.3 Å². The summed E-state index contributed by atoms with van der Waals surface area (Å²) in [6, 6.07) is 23.4. The molecule has 0 radical (unpaired) electrons. The van der Waals surface area contributed by atoms with Gasteiger partial charge in [0, 0.05) is 25.1 Å². The van der Waals surface area contributed by atoms with Crippen LogP contribution in [0.4, 0.5) is 0 Å². The first kappa shape index (κ1) is 22.1. The number of hydrogen-bond acceptors (Lipinski definition) is 4. The standard InChI is InChI=1S/C29H33NO3/c1-19-10-12-23(13-11-19)29-24(22-8-6-5-7-9-22)18-26(31)28(29,30-14-15-32-4)27-21(3)16-20(2)17-25(27)33-29/h5-13,16-17,24,26,30-31H,14-15,18H2,1-4H3/t24-,26-,28+,29-/m0/s1. The van der Waals surface area contributed by atoms with Crippen LogP contribution in [-0.2, 0) is 15.9 Å². The molecule has 2 aliphatic rings. The molecule has 0 aromatic heterocycles. The molecule has 0 unspecified atom stereocenters. The number of rotatable bonds is 6. The lowest BCUT2D eigenvalue weighted by molar-refractivity contribution is -0.0369. The quantitative estimate of drug-likeness (QED) is 0.533. The molecular weight excluding hydrogens is 410 g/mol. The first-order valence-electron chi connectivity index (χ1n) is 11.8. The minimum atomic E-state index is -0.797. The zero-order valence-electron chi connectivity index (χ0n) is 19.9. The van der Waals surface area contributed by atoms with Crippen molar-refractivity contribution in [2.45, 2.75) is 50.4 Å². The molecular formula is C29H33NO3. The van der Waals surface area contributed by atoms with Crippen molar-refractivity contribution in [2.24, 2.45) is 0 Å². The molecule has 5 rings (SSSR count). The molecule has 172 valence electrons. The smallest absolute Gasteiger partial charge is 0.166 e. The SMILES string of the molecule is COCCN[C@]12c3c(C)cc(C)cc3O[C@@]1(c1ccc(C)cc1)[C@H](c1ccccc1)C[C@@H]2O. The van der Waals surface area contributed by atoms with Crippen LogP contribution in [0.1, 0.15) is 45.7 Å². The molecule has 0 saturated heterocycles. The Morgan fingerprint density at radius 1 is 1.00 bits per heavy atom. The molecule has 0 amide bonds. The average Bonchev–Trinajstić information content (AvgIpc) is 3.22. The molecule has 4 heteroatoms. The highest BCUT2D eigenvalue weighted by Gasteiger charge is 2.73. The van der Waals surface area contributed by atoms with Crippen LogP contribution in [0.5, 0.6) is 5.75 Å². The van der Waals surface area contributed by atoms with E-state index in [4.69, 9.17) is 9.47 Å². The van der Waals surface area contributed by atoms with Gasteiger partial charge in [-0.3, -0.25) is 5.32 Å². The van der Waals surface area contributed by atoms with Gasteiger partial charge in [0.25, 0.3) is 0 Å². The van der Waals surface area contributed by atoms with E-state index in [0.717, 1.165) is 28.0 Å². The maximum Gasteiger partial charge on any atom is 0.166 e. The number of methoxy groups -OCH3 is 1. The van der Waals surface area contributed by atoms with Crippen molar-refractivity contribution in [1.82, 2.24) is 5.32 Å². The lowest BCUT2D eigenvalue weighted by Crippen LogP contribution is -2.61. The molecule has 1 heterocycles. The van der Waals surface area contributed by atoms with E-state index in [1.165, 1.54) is 11.1 Å². The van der Waals surface area contributed by atoms with Crippen molar-refractivity contribution < 1.29 is 14.6 Å². The summed E-state index contributed by atoms with van der Waals surface area (Å²) in [4.78, 5) is 0. The lowest BCUT2D eigenvalue weighted by Gasteiger charge is -2.45. The van der Waals surface area contributed by atoms with Crippen LogP contribution in [0.15, 0.2) is 66.7 Å². The molecule has 3 aromatic carbocycles. The minimum absolute atomic E-state index is 0.0291. The number of nitrogens with one attached hydrogen (secondary N) is 1. The van der Waals surface area contributed by atoms with Crippen LogP contribution in [0.3, 0.4) is 0 Å². The van der Waals surface area contributed by atoms with Crippen LogP contribution in [0.2, 0.25) is 0 Å². The Morgan fingerprint density at radius 2 is 1.73 bits per heavy atom. The summed E-state index contributed by atoms with van der Waals surface area (Å²) in [7, 11) is 1.71. The highest BCUT2D eigenvalue weighted by atomic mass is 16.5. The monoisotopic (exact) mass is 443 g/mol. The van der Waals surface area contributed by atoms with Crippen molar-refractivity contribution in [1.29, 1.82) is 0 Å².